The van der Waals surface area contributed by atoms with E-state index in [2.05, 4.69) is 20.6 Å². The van der Waals surface area contributed by atoms with E-state index in [4.69, 9.17) is 5.73 Å². The van der Waals surface area contributed by atoms with E-state index >= 15 is 0 Å². The third kappa shape index (κ3) is 5.71. The van der Waals surface area contributed by atoms with Gasteiger partial charge in [-0.1, -0.05) is 12.1 Å². The van der Waals surface area contributed by atoms with Crippen LogP contribution in [0.25, 0.3) is 6.08 Å². The van der Waals surface area contributed by atoms with Gasteiger partial charge < -0.3 is 20.9 Å². The number of nitrogens with one attached hydrogen (secondary N) is 2. The van der Waals surface area contributed by atoms with Crippen molar-refractivity contribution in [2.75, 3.05) is 22.9 Å². The van der Waals surface area contributed by atoms with E-state index in [0.717, 1.165) is 30.9 Å². The van der Waals surface area contributed by atoms with Crippen molar-refractivity contribution in [1.29, 1.82) is 0 Å². The van der Waals surface area contributed by atoms with Gasteiger partial charge in [-0.25, -0.2) is 9.97 Å². The molecule has 3 rings (SSSR count). The summed E-state index contributed by atoms with van der Waals surface area (Å²) in [4.78, 5) is 20.4. The number of rotatable bonds is 8. The maximum Gasteiger partial charge on any atom is 0.248 e. The number of hydrogen-bond donors (Lipinski definition) is 3. The SMILES string of the molecule is Nc1ccccc1NC(=O)/C=C/c1ccc(NCCCn2ccnc2)nc1. The molecule has 0 aliphatic carbocycles. The quantitative estimate of drug-likeness (QED) is 0.325. The molecule has 138 valence electrons. The van der Waals surface area contributed by atoms with Crippen LogP contribution in [-0.4, -0.2) is 27.0 Å². The largest absolute Gasteiger partial charge is 0.397 e. The van der Waals surface area contributed by atoms with Crippen molar-refractivity contribution in [2.24, 2.45) is 0 Å². The summed E-state index contributed by atoms with van der Waals surface area (Å²) in [6, 6.07) is 10.9. The molecular weight excluding hydrogens is 340 g/mol. The van der Waals surface area contributed by atoms with E-state index in [1.54, 1.807) is 30.6 Å². The van der Waals surface area contributed by atoms with Gasteiger partial charge in [-0.05, 0) is 42.3 Å². The molecule has 0 radical (unpaired) electrons. The van der Waals surface area contributed by atoms with Crippen molar-refractivity contribution in [1.82, 2.24) is 14.5 Å². The molecule has 0 saturated heterocycles. The highest BCUT2D eigenvalue weighted by Gasteiger charge is 2.01. The van der Waals surface area contributed by atoms with E-state index in [1.807, 2.05) is 41.4 Å². The summed E-state index contributed by atoms with van der Waals surface area (Å²) in [5, 5.41) is 6.02. The normalized spacial score (nSPS) is 10.8. The molecule has 0 bridgehead atoms. The van der Waals surface area contributed by atoms with Crippen molar-refractivity contribution in [3.05, 3.63) is 73.0 Å². The van der Waals surface area contributed by atoms with Gasteiger partial charge in [0.2, 0.25) is 5.91 Å². The van der Waals surface area contributed by atoms with E-state index in [9.17, 15) is 4.79 Å². The highest BCUT2D eigenvalue weighted by atomic mass is 16.1. The lowest BCUT2D eigenvalue weighted by Crippen LogP contribution is -2.09. The third-order valence-corrected chi connectivity index (χ3v) is 3.89. The maximum atomic E-state index is 12.0. The minimum absolute atomic E-state index is 0.241. The number of imidazole rings is 1. The number of anilines is 3. The van der Waals surface area contributed by atoms with Crippen molar-refractivity contribution in [3.63, 3.8) is 0 Å². The lowest BCUT2D eigenvalue weighted by Gasteiger charge is -2.06. The molecule has 1 aromatic carbocycles. The van der Waals surface area contributed by atoms with Gasteiger partial charge in [0.15, 0.2) is 0 Å². The molecule has 0 unspecified atom stereocenters. The first kappa shape index (κ1) is 18.2. The van der Waals surface area contributed by atoms with Gasteiger partial charge in [0.05, 0.1) is 17.7 Å². The summed E-state index contributed by atoms with van der Waals surface area (Å²) < 4.78 is 2.04. The Morgan fingerprint density at radius 1 is 1.22 bits per heavy atom. The van der Waals surface area contributed by atoms with Crippen LogP contribution < -0.4 is 16.4 Å². The Morgan fingerprint density at radius 2 is 2.11 bits per heavy atom. The fourth-order valence-corrected chi connectivity index (χ4v) is 2.46. The Kier molecular flexibility index (Phi) is 6.19. The number of amides is 1. The third-order valence-electron chi connectivity index (χ3n) is 3.89. The number of aryl methyl sites for hydroxylation is 1. The highest BCUT2D eigenvalue weighted by molar-refractivity contribution is 6.03. The van der Waals surface area contributed by atoms with Crippen molar-refractivity contribution >= 4 is 29.2 Å². The molecule has 0 saturated carbocycles. The molecule has 2 aromatic heterocycles. The molecule has 7 nitrogen and oxygen atoms in total. The lowest BCUT2D eigenvalue weighted by atomic mass is 10.2. The highest BCUT2D eigenvalue weighted by Crippen LogP contribution is 2.16. The number of benzene rings is 1. The van der Waals surface area contributed by atoms with E-state index < -0.39 is 0 Å². The Bertz CT molecular complexity index is 887. The van der Waals surface area contributed by atoms with Gasteiger partial charge >= 0.3 is 0 Å². The zero-order valence-corrected chi connectivity index (χ0v) is 14.9. The zero-order valence-electron chi connectivity index (χ0n) is 14.9. The molecule has 0 atom stereocenters. The van der Waals surface area contributed by atoms with Crippen molar-refractivity contribution < 1.29 is 4.79 Å². The fraction of sp³-hybridized carbons (Fsp3) is 0.150. The van der Waals surface area contributed by atoms with Gasteiger partial charge in [0.1, 0.15) is 5.82 Å². The van der Waals surface area contributed by atoms with Crippen molar-refractivity contribution in [3.8, 4) is 0 Å². The van der Waals surface area contributed by atoms with Gasteiger partial charge in [0.25, 0.3) is 0 Å². The van der Waals surface area contributed by atoms with Crippen LogP contribution in [0.4, 0.5) is 17.2 Å². The first-order chi connectivity index (χ1) is 13.2. The topological polar surface area (TPSA) is 97.9 Å². The van der Waals surface area contributed by atoms with E-state index in [0.29, 0.717) is 11.4 Å². The van der Waals surface area contributed by atoms with Gasteiger partial charge in [-0.15, -0.1) is 0 Å². The molecule has 0 fully saturated rings. The Morgan fingerprint density at radius 3 is 2.85 bits per heavy atom. The summed E-state index contributed by atoms with van der Waals surface area (Å²) in [5.74, 6) is 0.564. The molecule has 3 aromatic rings. The van der Waals surface area contributed by atoms with Crippen LogP contribution >= 0.6 is 0 Å². The maximum absolute atomic E-state index is 12.0. The van der Waals surface area contributed by atoms with E-state index in [-0.39, 0.29) is 5.91 Å². The number of carbonyl (C=O) groups excluding carboxylic acids is 1. The molecular formula is C20H22N6O. The number of nitrogen functional groups attached to an aromatic ring is 1. The fourth-order valence-electron chi connectivity index (χ4n) is 2.46. The number of hydrogen-bond acceptors (Lipinski definition) is 5. The monoisotopic (exact) mass is 362 g/mol. The minimum Gasteiger partial charge on any atom is -0.397 e. The predicted molar refractivity (Wildman–Crippen MR) is 108 cm³/mol. The summed E-state index contributed by atoms with van der Waals surface area (Å²) >= 11 is 0. The molecule has 0 aliphatic rings. The Balaban J connectivity index is 1.44. The molecule has 4 N–H and O–H groups in total. The molecule has 7 heteroatoms. The van der Waals surface area contributed by atoms with E-state index in [1.165, 1.54) is 6.08 Å². The van der Waals surface area contributed by atoms with Crippen LogP contribution in [0.1, 0.15) is 12.0 Å². The van der Waals surface area contributed by atoms with Crippen LogP contribution in [0, 0.1) is 0 Å². The number of nitrogens with zero attached hydrogens (tertiary/aromatic N) is 3. The Hall–Kier alpha value is -3.61. The number of para-hydroxylation sites is 2. The smallest absolute Gasteiger partial charge is 0.248 e. The minimum atomic E-state index is -0.241. The molecule has 1 amide bonds. The number of pyridine rings is 1. The molecule has 2 heterocycles. The van der Waals surface area contributed by atoms with Crippen LogP contribution in [0.3, 0.4) is 0 Å². The zero-order chi connectivity index (χ0) is 18.9. The van der Waals surface area contributed by atoms with Crippen LogP contribution in [-0.2, 0) is 11.3 Å². The average molecular weight is 362 g/mol. The number of aromatic nitrogens is 3. The standard InChI is InChI=1S/C20H22N6O/c21-17-4-1-2-5-18(17)25-20(27)9-7-16-6-8-19(24-14-16)23-10-3-12-26-13-11-22-15-26/h1-2,4-9,11,13-15H,3,10,12,21H2,(H,23,24)(H,25,27)/b9-7+. The lowest BCUT2D eigenvalue weighted by molar-refractivity contribution is -0.111. The predicted octanol–water partition coefficient (Wildman–Crippen LogP) is 3.01. The first-order valence-electron chi connectivity index (χ1n) is 8.70. The average Bonchev–Trinajstić information content (AvgIpc) is 3.20. The second-order valence-corrected chi connectivity index (χ2v) is 5.97. The second kappa shape index (κ2) is 9.19. The summed E-state index contributed by atoms with van der Waals surface area (Å²) in [6.07, 6.45) is 11.4. The Labute approximate surface area is 158 Å². The van der Waals surface area contributed by atoms with Crippen molar-refractivity contribution in [2.45, 2.75) is 13.0 Å². The second-order valence-electron chi connectivity index (χ2n) is 5.97. The first-order valence-corrected chi connectivity index (χ1v) is 8.70. The molecule has 27 heavy (non-hydrogen) atoms. The number of nitrogens with two attached hydrogens (primary N) is 1. The van der Waals surface area contributed by atoms with Gasteiger partial charge in [-0.3, -0.25) is 4.79 Å². The van der Waals surface area contributed by atoms with Gasteiger partial charge in [-0.2, -0.15) is 0 Å². The summed E-state index contributed by atoms with van der Waals surface area (Å²) in [6.45, 7) is 1.73. The number of carbonyl (C=O) groups is 1. The molecule has 0 spiro atoms. The molecule has 0 aliphatic heterocycles. The van der Waals surface area contributed by atoms with Gasteiger partial charge in [0, 0.05) is 37.8 Å². The van der Waals surface area contributed by atoms with Crippen LogP contribution in [0.2, 0.25) is 0 Å². The summed E-state index contributed by atoms with van der Waals surface area (Å²) in [5.41, 5.74) is 7.78. The van der Waals surface area contributed by atoms with Crippen LogP contribution in [0.5, 0.6) is 0 Å². The van der Waals surface area contributed by atoms with Crippen LogP contribution in [0.15, 0.2) is 67.4 Å². The summed E-state index contributed by atoms with van der Waals surface area (Å²) in [7, 11) is 0.